The van der Waals surface area contributed by atoms with E-state index in [1.54, 1.807) is 0 Å². The Balaban J connectivity index is 3.49. The van der Waals surface area contributed by atoms with Crippen LogP contribution in [0, 0.1) is 0 Å². The van der Waals surface area contributed by atoms with E-state index in [0.29, 0.717) is 0 Å². The Hall–Kier alpha value is -1.12. The Bertz CT molecular complexity index is 461. The van der Waals surface area contributed by atoms with Crippen molar-refractivity contribution in [1.29, 1.82) is 0 Å². The fourth-order valence-electron chi connectivity index (χ4n) is 1.15. The Morgan fingerprint density at radius 1 is 1.47 bits per heavy atom. The maximum absolute atomic E-state index is 12.4. The first-order chi connectivity index (χ1) is 6.88. The summed E-state index contributed by atoms with van der Waals surface area (Å²) in [5.41, 5.74) is 4.30. The van der Waals surface area contributed by atoms with Gasteiger partial charge in [0.2, 0.25) is 10.0 Å². The monoisotopic (exact) mass is 237 g/mol. The van der Waals surface area contributed by atoms with Crippen molar-refractivity contribution in [1.82, 2.24) is 4.98 Å². The van der Waals surface area contributed by atoms with E-state index in [1.807, 2.05) is 0 Å². The number of alkyl halides is 2. The van der Waals surface area contributed by atoms with E-state index < -0.39 is 27.0 Å². The summed E-state index contributed by atoms with van der Waals surface area (Å²) in [6.07, 6.45) is -1.93. The number of primary sulfonamides is 1. The van der Waals surface area contributed by atoms with Crippen molar-refractivity contribution in [2.24, 2.45) is 10.9 Å². The van der Waals surface area contributed by atoms with Gasteiger partial charge in [0.05, 0.1) is 4.90 Å². The third kappa shape index (κ3) is 2.46. The zero-order valence-corrected chi connectivity index (χ0v) is 8.34. The minimum atomic E-state index is -4.05. The highest BCUT2D eigenvalue weighted by molar-refractivity contribution is 7.89. The highest BCUT2D eigenvalue weighted by atomic mass is 32.2. The van der Waals surface area contributed by atoms with E-state index in [2.05, 4.69) is 4.98 Å². The lowest BCUT2D eigenvalue weighted by molar-refractivity contribution is 0.144. The van der Waals surface area contributed by atoms with Crippen LogP contribution in [-0.2, 0) is 16.6 Å². The molecule has 1 aromatic rings. The van der Waals surface area contributed by atoms with Gasteiger partial charge in [-0.1, -0.05) is 0 Å². The third-order valence-corrected chi connectivity index (χ3v) is 2.76. The van der Waals surface area contributed by atoms with Crippen LogP contribution < -0.4 is 10.9 Å². The molecule has 84 valence electrons. The van der Waals surface area contributed by atoms with Gasteiger partial charge in [-0.25, -0.2) is 22.3 Å². The first-order valence-corrected chi connectivity index (χ1v) is 5.41. The first-order valence-electron chi connectivity index (χ1n) is 3.86. The van der Waals surface area contributed by atoms with E-state index in [0.717, 1.165) is 12.3 Å². The Kier molecular flexibility index (Phi) is 3.32. The minimum absolute atomic E-state index is 0.241. The summed E-state index contributed by atoms with van der Waals surface area (Å²) >= 11 is 0. The van der Waals surface area contributed by atoms with Gasteiger partial charge in [0, 0.05) is 18.3 Å². The van der Waals surface area contributed by atoms with Crippen molar-refractivity contribution in [3.8, 4) is 0 Å². The number of sulfonamides is 1. The number of pyridine rings is 1. The van der Waals surface area contributed by atoms with Crippen LogP contribution in [-0.4, -0.2) is 13.4 Å². The molecule has 15 heavy (non-hydrogen) atoms. The van der Waals surface area contributed by atoms with Crippen molar-refractivity contribution in [3.63, 3.8) is 0 Å². The maximum atomic E-state index is 12.4. The molecule has 0 aliphatic rings. The van der Waals surface area contributed by atoms with Crippen molar-refractivity contribution < 1.29 is 17.2 Å². The zero-order chi connectivity index (χ0) is 11.6. The van der Waals surface area contributed by atoms with Gasteiger partial charge in [-0.15, -0.1) is 0 Å². The molecule has 0 radical (unpaired) electrons. The third-order valence-electron chi connectivity index (χ3n) is 1.76. The van der Waals surface area contributed by atoms with Crippen molar-refractivity contribution in [2.45, 2.75) is 17.9 Å². The molecule has 0 spiro atoms. The van der Waals surface area contributed by atoms with E-state index in [4.69, 9.17) is 10.9 Å². The highest BCUT2D eigenvalue weighted by Crippen LogP contribution is 2.24. The van der Waals surface area contributed by atoms with Crippen molar-refractivity contribution in [3.05, 3.63) is 23.5 Å². The van der Waals surface area contributed by atoms with E-state index >= 15 is 0 Å². The Morgan fingerprint density at radius 3 is 2.47 bits per heavy atom. The number of hydrogen-bond acceptors (Lipinski definition) is 4. The van der Waals surface area contributed by atoms with Crippen LogP contribution in [0.15, 0.2) is 17.2 Å². The molecular formula is C7H9F2N3O2S. The average molecular weight is 237 g/mol. The highest BCUT2D eigenvalue weighted by Gasteiger charge is 2.21. The Morgan fingerprint density at radius 2 is 2.07 bits per heavy atom. The summed E-state index contributed by atoms with van der Waals surface area (Å²) in [7, 11) is -4.05. The van der Waals surface area contributed by atoms with Gasteiger partial charge in [-0.3, -0.25) is 4.98 Å². The number of rotatable bonds is 3. The van der Waals surface area contributed by atoms with Crippen molar-refractivity contribution >= 4 is 10.0 Å². The molecule has 0 atom stereocenters. The normalized spacial score (nSPS) is 12.1. The summed E-state index contributed by atoms with van der Waals surface area (Å²) in [6, 6.07) is 1.05. The van der Waals surface area contributed by atoms with Crippen LogP contribution in [0.2, 0.25) is 0 Å². The minimum Gasteiger partial charge on any atom is -0.326 e. The molecule has 0 aliphatic carbocycles. The average Bonchev–Trinajstić information content (AvgIpc) is 2.15. The summed E-state index contributed by atoms with van der Waals surface area (Å²) in [6.45, 7) is -0.362. The topological polar surface area (TPSA) is 99.1 Å². The van der Waals surface area contributed by atoms with Crippen LogP contribution in [0.25, 0.3) is 0 Å². The summed E-state index contributed by atoms with van der Waals surface area (Å²) in [5.74, 6) is 0. The number of nitrogens with two attached hydrogens (primary N) is 2. The lowest BCUT2D eigenvalue weighted by Gasteiger charge is -2.09. The summed E-state index contributed by atoms with van der Waals surface area (Å²) < 4.78 is 46.9. The molecule has 0 bridgehead atoms. The van der Waals surface area contributed by atoms with E-state index in [-0.39, 0.29) is 12.1 Å². The Labute approximate surface area is 85.2 Å². The van der Waals surface area contributed by atoms with E-state index in [9.17, 15) is 17.2 Å². The van der Waals surface area contributed by atoms with Gasteiger partial charge in [0.25, 0.3) is 6.43 Å². The van der Waals surface area contributed by atoms with Gasteiger partial charge in [-0.05, 0) is 6.07 Å². The predicted molar refractivity (Wildman–Crippen MR) is 48.5 cm³/mol. The van der Waals surface area contributed by atoms with Crippen LogP contribution in [0.5, 0.6) is 0 Å². The molecule has 1 rings (SSSR count). The molecule has 1 heterocycles. The van der Waals surface area contributed by atoms with Gasteiger partial charge in [0.15, 0.2) is 0 Å². The molecule has 0 amide bonds. The molecule has 0 saturated carbocycles. The molecular weight excluding hydrogens is 228 g/mol. The van der Waals surface area contributed by atoms with Gasteiger partial charge in [0.1, 0.15) is 5.69 Å². The van der Waals surface area contributed by atoms with Crippen LogP contribution in [0.4, 0.5) is 8.78 Å². The predicted octanol–water partition coefficient (Wildman–Crippen LogP) is 0.125. The fraction of sp³-hybridized carbons (Fsp3) is 0.286. The lowest BCUT2D eigenvalue weighted by Crippen LogP contribution is -2.18. The zero-order valence-electron chi connectivity index (χ0n) is 7.52. The first kappa shape index (κ1) is 12.0. The summed E-state index contributed by atoms with van der Waals surface area (Å²) in [4.78, 5) is 2.97. The van der Waals surface area contributed by atoms with Gasteiger partial charge < -0.3 is 5.73 Å². The quantitative estimate of drug-likeness (QED) is 0.780. The second-order valence-electron chi connectivity index (χ2n) is 2.72. The number of aromatic nitrogens is 1. The molecule has 0 fully saturated rings. The molecule has 4 N–H and O–H groups in total. The molecule has 1 aromatic heterocycles. The molecule has 5 nitrogen and oxygen atoms in total. The largest absolute Gasteiger partial charge is 0.326 e. The van der Waals surface area contributed by atoms with Gasteiger partial charge >= 0.3 is 0 Å². The van der Waals surface area contributed by atoms with Crippen LogP contribution in [0.1, 0.15) is 17.7 Å². The molecule has 0 saturated heterocycles. The SMILES string of the molecule is NCc1c(S(N)(=O)=O)ccnc1C(F)F. The second kappa shape index (κ2) is 4.17. The molecule has 0 unspecified atom stereocenters. The molecule has 8 heteroatoms. The number of halogens is 2. The number of nitrogens with zero attached hydrogens (tertiary/aromatic N) is 1. The number of hydrogen-bond donors (Lipinski definition) is 2. The van der Waals surface area contributed by atoms with Crippen LogP contribution >= 0.6 is 0 Å². The summed E-state index contributed by atoms with van der Waals surface area (Å²) in [5, 5.41) is 4.85. The van der Waals surface area contributed by atoms with Crippen molar-refractivity contribution in [2.75, 3.05) is 0 Å². The smallest absolute Gasteiger partial charge is 0.280 e. The molecule has 0 aliphatic heterocycles. The fourth-order valence-corrected chi connectivity index (χ4v) is 1.93. The van der Waals surface area contributed by atoms with Crippen LogP contribution in [0.3, 0.4) is 0 Å². The second-order valence-corrected chi connectivity index (χ2v) is 4.25. The lowest BCUT2D eigenvalue weighted by atomic mass is 10.2. The van der Waals surface area contributed by atoms with Gasteiger partial charge in [-0.2, -0.15) is 0 Å². The standard InChI is InChI=1S/C7H9F2N3O2S/c8-7(9)6-4(3-10)5(1-2-12-6)15(11,13)14/h1-2,7H,3,10H2,(H2,11,13,14). The maximum Gasteiger partial charge on any atom is 0.280 e. The molecule has 0 aromatic carbocycles. The van der Waals surface area contributed by atoms with E-state index in [1.165, 1.54) is 0 Å².